The van der Waals surface area contributed by atoms with Crippen molar-refractivity contribution in [3.05, 3.63) is 65.7 Å². The minimum atomic E-state index is -3.69. The van der Waals surface area contributed by atoms with Gasteiger partial charge in [0.25, 0.3) is 5.91 Å². The van der Waals surface area contributed by atoms with Crippen LogP contribution in [0.5, 0.6) is 0 Å². The zero-order valence-corrected chi connectivity index (χ0v) is 16.3. The van der Waals surface area contributed by atoms with Gasteiger partial charge in [-0.2, -0.15) is 4.31 Å². The van der Waals surface area contributed by atoms with Gasteiger partial charge in [-0.15, -0.1) is 0 Å². The second-order valence-corrected chi connectivity index (χ2v) is 8.17. The van der Waals surface area contributed by atoms with Crippen LogP contribution in [0, 0.1) is 0 Å². The smallest absolute Gasteiger partial charge is 0.251 e. The second kappa shape index (κ2) is 8.96. The quantitative estimate of drug-likeness (QED) is 0.770. The highest BCUT2D eigenvalue weighted by atomic mass is 32.2. The Hall–Kier alpha value is -2.18. The lowest BCUT2D eigenvalue weighted by Gasteiger charge is -2.21. The van der Waals surface area contributed by atoms with E-state index in [2.05, 4.69) is 5.32 Å². The summed E-state index contributed by atoms with van der Waals surface area (Å²) in [7, 11) is -3.69. The zero-order chi connectivity index (χ0) is 19.2. The van der Waals surface area contributed by atoms with Gasteiger partial charge in [-0.05, 0) is 37.1 Å². The Morgan fingerprint density at radius 3 is 2.38 bits per heavy atom. The molecule has 0 fully saturated rings. The molecule has 1 unspecified atom stereocenters. The summed E-state index contributed by atoms with van der Waals surface area (Å²) >= 11 is 0. The molecule has 1 atom stereocenters. The number of nitrogens with one attached hydrogen (secondary N) is 1. The van der Waals surface area contributed by atoms with Crippen molar-refractivity contribution in [1.29, 1.82) is 0 Å². The van der Waals surface area contributed by atoms with Gasteiger partial charge >= 0.3 is 0 Å². The van der Waals surface area contributed by atoms with E-state index in [1.54, 1.807) is 19.1 Å². The molecule has 0 aliphatic heterocycles. The molecule has 6 heteroatoms. The average molecular weight is 375 g/mol. The Bertz CT molecular complexity index is 835. The lowest BCUT2D eigenvalue weighted by molar-refractivity contribution is 0.0939. The SMILES string of the molecule is CCC(C)NC(=O)c1cccc(S(=O)(=O)N(CC)Cc2ccccc2)c1. The van der Waals surface area contributed by atoms with Crippen LogP contribution in [0.2, 0.25) is 0 Å². The van der Waals surface area contributed by atoms with Gasteiger partial charge in [-0.1, -0.05) is 50.2 Å². The summed E-state index contributed by atoms with van der Waals surface area (Å²) in [6.07, 6.45) is 0.810. The Morgan fingerprint density at radius 2 is 1.77 bits per heavy atom. The highest BCUT2D eigenvalue weighted by Gasteiger charge is 2.24. The zero-order valence-electron chi connectivity index (χ0n) is 15.5. The van der Waals surface area contributed by atoms with Gasteiger partial charge in [0.15, 0.2) is 0 Å². The Labute approximate surface area is 156 Å². The van der Waals surface area contributed by atoms with E-state index in [-0.39, 0.29) is 16.8 Å². The van der Waals surface area contributed by atoms with Crippen LogP contribution in [0.1, 0.15) is 43.1 Å². The van der Waals surface area contributed by atoms with Crippen LogP contribution >= 0.6 is 0 Å². The van der Waals surface area contributed by atoms with Gasteiger partial charge in [-0.25, -0.2) is 8.42 Å². The van der Waals surface area contributed by atoms with Crippen molar-refractivity contribution in [2.45, 2.75) is 44.7 Å². The van der Waals surface area contributed by atoms with Crippen molar-refractivity contribution in [2.24, 2.45) is 0 Å². The molecule has 0 bridgehead atoms. The van der Waals surface area contributed by atoms with Crippen molar-refractivity contribution >= 4 is 15.9 Å². The first-order valence-electron chi connectivity index (χ1n) is 8.83. The highest BCUT2D eigenvalue weighted by Crippen LogP contribution is 2.19. The van der Waals surface area contributed by atoms with Crippen molar-refractivity contribution < 1.29 is 13.2 Å². The topological polar surface area (TPSA) is 66.5 Å². The summed E-state index contributed by atoms with van der Waals surface area (Å²) in [6.45, 7) is 6.34. The van der Waals surface area contributed by atoms with Crippen LogP contribution in [-0.4, -0.2) is 31.2 Å². The first-order valence-corrected chi connectivity index (χ1v) is 10.3. The van der Waals surface area contributed by atoms with E-state index in [4.69, 9.17) is 0 Å². The summed E-state index contributed by atoms with van der Waals surface area (Å²) in [6, 6.07) is 15.7. The lowest BCUT2D eigenvalue weighted by Crippen LogP contribution is -2.33. The predicted octanol–water partition coefficient (Wildman–Crippen LogP) is 3.43. The standard InChI is InChI=1S/C20H26N2O3S/c1-4-16(3)21-20(23)18-12-9-13-19(14-18)26(24,25)22(5-2)15-17-10-7-6-8-11-17/h6-14,16H,4-5,15H2,1-3H3,(H,21,23). The van der Waals surface area contributed by atoms with Crippen LogP contribution in [-0.2, 0) is 16.6 Å². The van der Waals surface area contributed by atoms with E-state index in [0.717, 1.165) is 12.0 Å². The highest BCUT2D eigenvalue weighted by molar-refractivity contribution is 7.89. The molecule has 0 aliphatic rings. The molecule has 140 valence electrons. The number of amides is 1. The largest absolute Gasteiger partial charge is 0.350 e. The van der Waals surface area contributed by atoms with Gasteiger partial charge in [0.2, 0.25) is 10.0 Å². The normalized spacial score (nSPS) is 12.8. The fourth-order valence-electron chi connectivity index (χ4n) is 2.51. The number of benzene rings is 2. The molecular formula is C20H26N2O3S. The summed E-state index contributed by atoms with van der Waals surface area (Å²) < 4.78 is 27.4. The Balaban J connectivity index is 2.27. The summed E-state index contributed by atoms with van der Waals surface area (Å²) in [5.74, 6) is -0.262. The van der Waals surface area contributed by atoms with Gasteiger partial charge in [0.05, 0.1) is 4.90 Å². The fraction of sp³-hybridized carbons (Fsp3) is 0.350. The minimum absolute atomic E-state index is 0.0352. The van der Waals surface area contributed by atoms with Crippen molar-refractivity contribution in [3.63, 3.8) is 0 Å². The number of sulfonamides is 1. The van der Waals surface area contributed by atoms with Crippen LogP contribution in [0.3, 0.4) is 0 Å². The molecule has 0 aromatic heterocycles. The van der Waals surface area contributed by atoms with Crippen LogP contribution < -0.4 is 5.32 Å². The van der Waals surface area contributed by atoms with Crippen molar-refractivity contribution in [1.82, 2.24) is 9.62 Å². The molecule has 0 saturated heterocycles. The maximum Gasteiger partial charge on any atom is 0.251 e. The molecule has 0 saturated carbocycles. The molecule has 0 spiro atoms. The first-order chi connectivity index (χ1) is 12.4. The number of carbonyl (C=O) groups excluding carboxylic acids is 1. The van der Waals surface area contributed by atoms with Gasteiger partial charge < -0.3 is 5.32 Å². The average Bonchev–Trinajstić information content (AvgIpc) is 2.66. The third-order valence-corrected chi connectivity index (χ3v) is 6.20. The lowest BCUT2D eigenvalue weighted by atomic mass is 10.2. The number of rotatable bonds is 8. The molecular weight excluding hydrogens is 348 g/mol. The van der Waals surface area contributed by atoms with Crippen LogP contribution in [0.25, 0.3) is 0 Å². The number of nitrogens with zero attached hydrogens (tertiary/aromatic N) is 1. The minimum Gasteiger partial charge on any atom is -0.350 e. The molecule has 2 aromatic rings. The van der Waals surface area contributed by atoms with Gasteiger partial charge in [-0.3, -0.25) is 4.79 Å². The number of carbonyl (C=O) groups is 1. The van der Waals surface area contributed by atoms with Gasteiger partial charge in [0, 0.05) is 24.7 Å². The molecule has 2 aromatic carbocycles. The molecule has 2 rings (SSSR count). The fourth-order valence-corrected chi connectivity index (χ4v) is 3.99. The first kappa shape index (κ1) is 20.1. The molecule has 0 radical (unpaired) electrons. The Morgan fingerprint density at radius 1 is 1.08 bits per heavy atom. The molecule has 0 heterocycles. The number of hydrogen-bond acceptors (Lipinski definition) is 3. The summed E-state index contributed by atoms with van der Waals surface area (Å²) in [5, 5.41) is 2.86. The molecule has 0 aliphatic carbocycles. The monoisotopic (exact) mass is 374 g/mol. The van der Waals surface area contributed by atoms with E-state index in [1.165, 1.54) is 16.4 Å². The van der Waals surface area contributed by atoms with E-state index in [1.807, 2.05) is 44.2 Å². The molecule has 1 N–H and O–H groups in total. The van der Waals surface area contributed by atoms with Crippen LogP contribution in [0.15, 0.2) is 59.5 Å². The third kappa shape index (κ3) is 4.93. The summed E-state index contributed by atoms with van der Waals surface area (Å²) in [4.78, 5) is 12.4. The maximum atomic E-state index is 13.0. The van der Waals surface area contributed by atoms with Crippen molar-refractivity contribution in [3.8, 4) is 0 Å². The maximum absolute atomic E-state index is 13.0. The molecule has 1 amide bonds. The summed E-state index contributed by atoms with van der Waals surface area (Å²) in [5.41, 5.74) is 1.27. The number of hydrogen-bond donors (Lipinski definition) is 1. The van der Waals surface area contributed by atoms with E-state index < -0.39 is 10.0 Å². The van der Waals surface area contributed by atoms with E-state index in [0.29, 0.717) is 18.7 Å². The predicted molar refractivity (Wildman–Crippen MR) is 103 cm³/mol. The molecule has 5 nitrogen and oxygen atoms in total. The van der Waals surface area contributed by atoms with Crippen molar-refractivity contribution in [2.75, 3.05) is 6.54 Å². The van der Waals surface area contributed by atoms with Gasteiger partial charge in [0.1, 0.15) is 0 Å². The Kier molecular flexibility index (Phi) is 6.94. The second-order valence-electron chi connectivity index (χ2n) is 6.23. The third-order valence-electron chi connectivity index (χ3n) is 4.28. The van der Waals surface area contributed by atoms with Crippen LogP contribution in [0.4, 0.5) is 0 Å². The van der Waals surface area contributed by atoms with E-state index >= 15 is 0 Å². The molecule has 26 heavy (non-hydrogen) atoms. The van der Waals surface area contributed by atoms with E-state index in [9.17, 15) is 13.2 Å².